The zero-order valence-electron chi connectivity index (χ0n) is 12.9. The Morgan fingerprint density at radius 1 is 1.32 bits per heavy atom. The molecule has 0 atom stereocenters. The molecule has 1 aromatic carbocycles. The van der Waals surface area contributed by atoms with E-state index in [-0.39, 0.29) is 6.79 Å². The molecule has 0 bridgehead atoms. The van der Waals surface area contributed by atoms with Crippen LogP contribution in [0.5, 0.6) is 5.75 Å². The van der Waals surface area contributed by atoms with Gasteiger partial charge in [0, 0.05) is 7.11 Å². The van der Waals surface area contributed by atoms with Crippen molar-refractivity contribution in [3.05, 3.63) is 47.2 Å². The van der Waals surface area contributed by atoms with E-state index in [4.69, 9.17) is 25.8 Å². The van der Waals surface area contributed by atoms with Crippen molar-refractivity contribution in [2.24, 2.45) is 0 Å². The number of methoxy groups -OCH3 is 2. The third-order valence-corrected chi connectivity index (χ3v) is 3.25. The molecule has 0 heterocycles. The molecule has 0 aliphatic rings. The fourth-order valence-electron chi connectivity index (χ4n) is 1.91. The predicted octanol–water partition coefficient (Wildman–Crippen LogP) is 3.58. The highest BCUT2D eigenvalue weighted by atomic mass is 35.5. The average Bonchev–Trinajstić information content (AvgIpc) is 2.56. The molecule has 0 aliphatic carbocycles. The summed E-state index contributed by atoms with van der Waals surface area (Å²) in [5, 5.41) is 0. The van der Waals surface area contributed by atoms with Gasteiger partial charge in [-0.3, -0.25) is 4.79 Å². The van der Waals surface area contributed by atoms with Crippen molar-refractivity contribution >= 4 is 24.0 Å². The molecule has 0 aromatic heterocycles. The van der Waals surface area contributed by atoms with E-state index in [9.17, 15) is 4.79 Å². The van der Waals surface area contributed by atoms with Crippen LogP contribution in [0.2, 0.25) is 0 Å². The lowest BCUT2D eigenvalue weighted by Gasteiger charge is -2.09. The largest absolute Gasteiger partial charge is 0.497 e. The first kappa shape index (κ1) is 18.3. The van der Waals surface area contributed by atoms with Crippen LogP contribution >= 0.6 is 11.6 Å². The van der Waals surface area contributed by atoms with Gasteiger partial charge in [0.05, 0.1) is 13.0 Å². The SMILES string of the molecule is COCO/C(=C/CCc1cc(OC)ccc1/C=C/C=O)CCl. The lowest BCUT2D eigenvalue weighted by atomic mass is 10.0. The molecule has 120 valence electrons. The third-order valence-electron chi connectivity index (χ3n) is 2.98. The molecule has 4 nitrogen and oxygen atoms in total. The van der Waals surface area contributed by atoms with Gasteiger partial charge in [-0.1, -0.05) is 12.1 Å². The first-order valence-electron chi connectivity index (χ1n) is 6.90. The van der Waals surface area contributed by atoms with Crippen LogP contribution in [-0.4, -0.2) is 33.2 Å². The van der Waals surface area contributed by atoms with Crippen LogP contribution in [0.25, 0.3) is 6.08 Å². The van der Waals surface area contributed by atoms with E-state index in [1.54, 1.807) is 20.3 Å². The van der Waals surface area contributed by atoms with Gasteiger partial charge in [0.25, 0.3) is 0 Å². The molecule has 1 rings (SSSR count). The number of aldehydes is 1. The molecule has 0 fully saturated rings. The molecular formula is C17H21ClO4. The summed E-state index contributed by atoms with van der Waals surface area (Å²) < 4.78 is 15.4. The Morgan fingerprint density at radius 3 is 2.77 bits per heavy atom. The molecule has 0 spiro atoms. The molecule has 0 unspecified atom stereocenters. The fraction of sp³-hybridized carbons (Fsp3) is 0.353. The van der Waals surface area contributed by atoms with Crippen molar-refractivity contribution in [2.75, 3.05) is 26.9 Å². The zero-order chi connectivity index (χ0) is 16.2. The lowest BCUT2D eigenvalue weighted by Crippen LogP contribution is -1.99. The number of carbonyl (C=O) groups excluding carboxylic acids is 1. The summed E-state index contributed by atoms with van der Waals surface area (Å²) in [4.78, 5) is 10.5. The zero-order valence-corrected chi connectivity index (χ0v) is 13.6. The number of aryl methyl sites for hydroxylation is 1. The van der Waals surface area contributed by atoms with Crippen molar-refractivity contribution < 1.29 is 19.0 Å². The number of benzene rings is 1. The Balaban J connectivity index is 2.79. The maximum absolute atomic E-state index is 10.5. The van der Waals surface area contributed by atoms with Crippen LogP contribution in [0, 0.1) is 0 Å². The van der Waals surface area contributed by atoms with Crippen molar-refractivity contribution in [1.29, 1.82) is 0 Å². The highest BCUT2D eigenvalue weighted by Gasteiger charge is 2.03. The van der Waals surface area contributed by atoms with E-state index in [2.05, 4.69) is 0 Å². The maximum atomic E-state index is 10.5. The monoisotopic (exact) mass is 324 g/mol. The summed E-state index contributed by atoms with van der Waals surface area (Å²) >= 11 is 5.81. The lowest BCUT2D eigenvalue weighted by molar-refractivity contribution is -0.104. The summed E-state index contributed by atoms with van der Waals surface area (Å²) in [5.41, 5.74) is 2.08. The van der Waals surface area contributed by atoms with Crippen molar-refractivity contribution in [3.8, 4) is 5.75 Å². The highest BCUT2D eigenvalue weighted by Crippen LogP contribution is 2.21. The fourth-order valence-corrected chi connectivity index (χ4v) is 2.09. The smallest absolute Gasteiger partial charge is 0.188 e. The topological polar surface area (TPSA) is 44.8 Å². The van der Waals surface area contributed by atoms with Crippen molar-refractivity contribution in [3.63, 3.8) is 0 Å². The van der Waals surface area contributed by atoms with E-state index < -0.39 is 0 Å². The first-order chi connectivity index (χ1) is 10.7. The number of ether oxygens (including phenoxy) is 3. The van der Waals surface area contributed by atoms with E-state index in [0.717, 1.165) is 36.0 Å². The van der Waals surface area contributed by atoms with Gasteiger partial charge in [0.2, 0.25) is 0 Å². The summed E-state index contributed by atoms with van der Waals surface area (Å²) in [6, 6.07) is 5.77. The second-order valence-electron chi connectivity index (χ2n) is 4.45. The second kappa shape index (κ2) is 10.9. The second-order valence-corrected chi connectivity index (χ2v) is 4.72. The molecule has 0 aliphatic heterocycles. The van der Waals surface area contributed by atoms with Gasteiger partial charge < -0.3 is 14.2 Å². The van der Waals surface area contributed by atoms with Crippen LogP contribution in [0.15, 0.2) is 36.1 Å². The number of hydrogen-bond acceptors (Lipinski definition) is 4. The van der Waals surface area contributed by atoms with Crippen LogP contribution in [0.4, 0.5) is 0 Å². The Morgan fingerprint density at radius 2 is 2.14 bits per heavy atom. The first-order valence-corrected chi connectivity index (χ1v) is 7.44. The molecule has 0 N–H and O–H groups in total. The van der Waals surface area contributed by atoms with Gasteiger partial charge in [-0.25, -0.2) is 0 Å². The minimum absolute atomic E-state index is 0.186. The van der Waals surface area contributed by atoms with Crippen molar-refractivity contribution in [2.45, 2.75) is 12.8 Å². The molecule has 0 saturated carbocycles. The summed E-state index contributed by atoms with van der Waals surface area (Å²) in [6.07, 6.45) is 7.52. The van der Waals surface area contributed by atoms with Gasteiger partial charge >= 0.3 is 0 Å². The predicted molar refractivity (Wildman–Crippen MR) is 88.2 cm³/mol. The van der Waals surface area contributed by atoms with Crippen LogP contribution in [0.3, 0.4) is 0 Å². The Labute approximate surface area is 136 Å². The quantitative estimate of drug-likeness (QED) is 0.217. The van der Waals surface area contributed by atoms with E-state index in [1.807, 2.05) is 24.3 Å². The Hall–Kier alpha value is -1.78. The van der Waals surface area contributed by atoms with Gasteiger partial charge in [0.1, 0.15) is 17.8 Å². The minimum Gasteiger partial charge on any atom is -0.497 e. The normalized spacial score (nSPS) is 11.7. The molecule has 0 saturated heterocycles. The van der Waals surface area contributed by atoms with Gasteiger partial charge in [0.15, 0.2) is 6.79 Å². The number of alkyl halides is 1. The average molecular weight is 325 g/mol. The minimum atomic E-state index is 0.186. The summed E-state index contributed by atoms with van der Waals surface area (Å²) in [7, 11) is 3.19. The molecule has 1 aromatic rings. The summed E-state index contributed by atoms with van der Waals surface area (Å²) in [6.45, 7) is 0.186. The highest BCUT2D eigenvalue weighted by molar-refractivity contribution is 6.19. The summed E-state index contributed by atoms with van der Waals surface area (Å²) in [5.74, 6) is 1.78. The number of carbonyl (C=O) groups is 1. The van der Waals surface area contributed by atoms with E-state index in [0.29, 0.717) is 11.6 Å². The molecule has 5 heteroatoms. The molecule has 22 heavy (non-hydrogen) atoms. The number of hydrogen-bond donors (Lipinski definition) is 0. The molecule has 0 radical (unpaired) electrons. The number of halogens is 1. The molecular weight excluding hydrogens is 304 g/mol. The van der Waals surface area contributed by atoms with Crippen LogP contribution in [-0.2, 0) is 20.7 Å². The van der Waals surface area contributed by atoms with E-state index >= 15 is 0 Å². The number of allylic oxidation sites excluding steroid dienone is 3. The third kappa shape index (κ3) is 6.33. The van der Waals surface area contributed by atoms with Gasteiger partial charge in [-0.05, 0) is 48.3 Å². The Kier molecular flexibility index (Phi) is 9.03. The van der Waals surface area contributed by atoms with Crippen molar-refractivity contribution in [1.82, 2.24) is 0 Å². The van der Waals surface area contributed by atoms with Gasteiger partial charge in [-0.2, -0.15) is 0 Å². The standard InChI is InChI=1S/C17H21ClO4/c1-20-13-22-17(12-18)7-3-5-15-11-16(21-2)9-8-14(15)6-4-10-19/h4,6-11H,3,5,12-13H2,1-2H3/b6-4+,17-7+. The van der Waals surface area contributed by atoms with E-state index in [1.165, 1.54) is 6.08 Å². The van der Waals surface area contributed by atoms with Crippen LogP contribution in [0.1, 0.15) is 17.5 Å². The Bertz CT molecular complexity index is 523. The maximum Gasteiger partial charge on any atom is 0.188 e. The van der Waals surface area contributed by atoms with Gasteiger partial charge in [-0.15, -0.1) is 11.6 Å². The molecule has 0 amide bonds. The number of rotatable bonds is 10. The van der Waals surface area contributed by atoms with Crippen LogP contribution < -0.4 is 4.74 Å².